The number of benzene rings is 2. The van der Waals surface area contributed by atoms with Crippen molar-refractivity contribution in [1.82, 2.24) is 0 Å². The van der Waals surface area contributed by atoms with Crippen LogP contribution in [0.3, 0.4) is 0 Å². The van der Waals surface area contributed by atoms with E-state index >= 15 is 0 Å². The number of hydrogen-bond donors (Lipinski definition) is 0. The number of aryl methyl sites for hydroxylation is 1. The summed E-state index contributed by atoms with van der Waals surface area (Å²) in [6.45, 7) is 1.87. The van der Waals surface area contributed by atoms with Crippen molar-refractivity contribution in [3.63, 3.8) is 0 Å². The topological polar surface area (TPSA) is 35.5 Å². The maximum atomic E-state index is 12.5. The van der Waals surface area contributed by atoms with E-state index in [2.05, 4.69) is 0 Å². The van der Waals surface area contributed by atoms with Gasteiger partial charge in [0.1, 0.15) is 0 Å². The summed E-state index contributed by atoms with van der Waals surface area (Å²) in [7, 11) is 3.09. The van der Waals surface area contributed by atoms with Crippen LogP contribution in [-0.4, -0.2) is 20.0 Å². The molecule has 0 saturated carbocycles. The fourth-order valence-corrected chi connectivity index (χ4v) is 2.17. The molecule has 0 atom stereocenters. The lowest BCUT2D eigenvalue weighted by Crippen LogP contribution is -2.04. The second kappa shape index (κ2) is 5.97. The molecule has 20 heavy (non-hydrogen) atoms. The Hall–Kier alpha value is -2.00. The Morgan fingerprint density at radius 2 is 1.75 bits per heavy atom. The van der Waals surface area contributed by atoms with Crippen molar-refractivity contribution in [2.45, 2.75) is 6.92 Å². The second-order valence-electron chi connectivity index (χ2n) is 4.34. The first-order chi connectivity index (χ1) is 9.58. The summed E-state index contributed by atoms with van der Waals surface area (Å²) in [5.41, 5.74) is 1.87. The molecule has 0 aromatic heterocycles. The Morgan fingerprint density at radius 3 is 2.40 bits per heavy atom. The number of rotatable bonds is 4. The van der Waals surface area contributed by atoms with E-state index in [0.29, 0.717) is 27.6 Å². The minimum absolute atomic E-state index is 0.139. The van der Waals surface area contributed by atoms with E-state index in [1.54, 1.807) is 31.4 Å². The Balaban J connectivity index is 2.46. The molecule has 4 heteroatoms. The monoisotopic (exact) mass is 290 g/mol. The number of ketones is 1. The van der Waals surface area contributed by atoms with Crippen molar-refractivity contribution >= 4 is 17.4 Å². The van der Waals surface area contributed by atoms with Gasteiger partial charge in [0.05, 0.1) is 19.2 Å². The first-order valence-corrected chi connectivity index (χ1v) is 6.48. The van der Waals surface area contributed by atoms with Gasteiger partial charge in [-0.2, -0.15) is 0 Å². The van der Waals surface area contributed by atoms with E-state index in [0.717, 1.165) is 5.56 Å². The molecule has 0 aliphatic heterocycles. The fraction of sp³-hybridized carbons (Fsp3) is 0.188. The number of halogens is 1. The average molecular weight is 291 g/mol. The lowest BCUT2D eigenvalue weighted by atomic mass is 10.0. The molecule has 0 heterocycles. The second-order valence-corrected chi connectivity index (χ2v) is 4.71. The SMILES string of the molecule is COc1ccc(C(=O)c2cccc(C)c2Cl)cc1OC. The molecular formula is C16H15ClO3. The lowest BCUT2D eigenvalue weighted by Gasteiger charge is -2.10. The molecule has 104 valence electrons. The molecule has 2 rings (SSSR count). The molecule has 0 N–H and O–H groups in total. The van der Waals surface area contributed by atoms with Crippen LogP contribution in [0, 0.1) is 6.92 Å². The minimum atomic E-state index is -0.139. The van der Waals surface area contributed by atoms with Crippen molar-refractivity contribution < 1.29 is 14.3 Å². The lowest BCUT2D eigenvalue weighted by molar-refractivity contribution is 0.103. The van der Waals surface area contributed by atoms with E-state index < -0.39 is 0 Å². The molecule has 0 unspecified atom stereocenters. The van der Waals surface area contributed by atoms with E-state index in [4.69, 9.17) is 21.1 Å². The highest BCUT2D eigenvalue weighted by molar-refractivity contribution is 6.35. The Labute approximate surface area is 123 Å². The number of carbonyl (C=O) groups excluding carboxylic acids is 1. The maximum absolute atomic E-state index is 12.5. The van der Waals surface area contributed by atoms with Crippen LogP contribution in [0.1, 0.15) is 21.5 Å². The van der Waals surface area contributed by atoms with Gasteiger partial charge in [0.25, 0.3) is 0 Å². The molecule has 0 fully saturated rings. The Bertz CT molecular complexity index is 650. The Morgan fingerprint density at radius 1 is 1.05 bits per heavy atom. The molecule has 2 aromatic rings. The van der Waals surface area contributed by atoms with Crippen LogP contribution in [-0.2, 0) is 0 Å². The number of carbonyl (C=O) groups is 1. The predicted molar refractivity (Wildman–Crippen MR) is 79.2 cm³/mol. The van der Waals surface area contributed by atoms with Crippen LogP contribution in [0.5, 0.6) is 11.5 Å². The van der Waals surface area contributed by atoms with Gasteiger partial charge in [0, 0.05) is 11.1 Å². The molecular weight excluding hydrogens is 276 g/mol. The van der Waals surface area contributed by atoms with Crippen LogP contribution in [0.4, 0.5) is 0 Å². The third-order valence-electron chi connectivity index (χ3n) is 3.08. The van der Waals surface area contributed by atoms with Gasteiger partial charge in [-0.3, -0.25) is 4.79 Å². The summed E-state index contributed by atoms with van der Waals surface area (Å²) in [5, 5.41) is 0.479. The van der Waals surface area contributed by atoms with Crippen LogP contribution in [0.2, 0.25) is 5.02 Å². The number of methoxy groups -OCH3 is 2. The van der Waals surface area contributed by atoms with Gasteiger partial charge in [-0.15, -0.1) is 0 Å². The summed E-state index contributed by atoms with van der Waals surface area (Å²) in [6, 6.07) is 10.5. The van der Waals surface area contributed by atoms with Gasteiger partial charge in [-0.25, -0.2) is 0 Å². The van der Waals surface area contributed by atoms with Crippen molar-refractivity contribution in [3.8, 4) is 11.5 Å². The third-order valence-corrected chi connectivity index (χ3v) is 3.58. The Kier molecular flexibility index (Phi) is 4.30. The molecule has 0 amide bonds. The van der Waals surface area contributed by atoms with Gasteiger partial charge in [-0.1, -0.05) is 23.7 Å². The normalized spacial score (nSPS) is 10.2. The van der Waals surface area contributed by atoms with Crippen LogP contribution in [0.15, 0.2) is 36.4 Å². The first-order valence-electron chi connectivity index (χ1n) is 6.10. The minimum Gasteiger partial charge on any atom is -0.493 e. The summed E-state index contributed by atoms with van der Waals surface area (Å²) in [4.78, 5) is 12.5. The van der Waals surface area contributed by atoms with Crippen molar-refractivity contribution in [3.05, 3.63) is 58.1 Å². The zero-order valence-electron chi connectivity index (χ0n) is 11.6. The van der Waals surface area contributed by atoms with E-state index in [1.807, 2.05) is 19.1 Å². The van der Waals surface area contributed by atoms with Crippen molar-refractivity contribution in [2.24, 2.45) is 0 Å². The highest BCUT2D eigenvalue weighted by Crippen LogP contribution is 2.30. The number of hydrogen-bond acceptors (Lipinski definition) is 3. The van der Waals surface area contributed by atoms with Gasteiger partial charge >= 0.3 is 0 Å². The van der Waals surface area contributed by atoms with E-state index in [1.165, 1.54) is 7.11 Å². The zero-order chi connectivity index (χ0) is 14.7. The highest BCUT2D eigenvalue weighted by Gasteiger charge is 2.16. The summed E-state index contributed by atoms with van der Waals surface area (Å²) >= 11 is 6.19. The van der Waals surface area contributed by atoms with Crippen molar-refractivity contribution in [2.75, 3.05) is 14.2 Å². The first kappa shape index (κ1) is 14.4. The van der Waals surface area contributed by atoms with Gasteiger partial charge in [0.15, 0.2) is 17.3 Å². The van der Waals surface area contributed by atoms with Crippen LogP contribution >= 0.6 is 11.6 Å². The molecule has 0 saturated heterocycles. The molecule has 3 nitrogen and oxygen atoms in total. The van der Waals surface area contributed by atoms with Gasteiger partial charge in [-0.05, 0) is 36.8 Å². The van der Waals surface area contributed by atoms with E-state index in [-0.39, 0.29) is 5.78 Å². The highest BCUT2D eigenvalue weighted by atomic mass is 35.5. The molecule has 2 aromatic carbocycles. The maximum Gasteiger partial charge on any atom is 0.194 e. The number of ether oxygens (including phenoxy) is 2. The third kappa shape index (κ3) is 2.63. The molecule has 0 aliphatic rings. The van der Waals surface area contributed by atoms with Gasteiger partial charge in [0.2, 0.25) is 0 Å². The zero-order valence-corrected chi connectivity index (χ0v) is 12.3. The summed E-state index contributed by atoms with van der Waals surface area (Å²) in [5.74, 6) is 0.959. The molecule has 0 radical (unpaired) electrons. The van der Waals surface area contributed by atoms with Crippen LogP contribution in [0.25, 0.3) is 0 Å². The standard InChI is InChI=1S/C16H15ClO3/c1-10-5-4-6-12(15(10)17)16(18)11-7-8-13(19-2)14(9-11)20-3/h4-9H,1-3H3. The summed E-state index contributed by atoms with van der Waals surface area (Å²) in [6.07, 6.45) is 0. The largest absolute Gasteiger partial charge is 0.493 e. The molecule has 0 spiro atoms. The fourth-order valence-electron chi connectivity index (χ4n) is 1.96. The molecule has 0 aliphatic carbocycles. The molecule has 0 bridgehead atoms. The van der Waals surface area contributed by atoms with Gasteiger partial charge < -0.3 is 9.47 Å². The van der Waals surface area contributed by atoms with Crippen LogP contribution < -0.4 is 9.47 Å². The summed E-state index contributed by atoms with van der Waals surface area (Å²) < 4.78 is 10.4. The van der Waals surface area contributed by atoms with Crippen molar-refractivity contribution in [1.29, 1.82) is 0 Å². The smallest absolute Gasteiger partial charge is 0.194 e. The predicted octanol–water partition coefficient (Wildman–Crippen LogP) is 3.90. The quantitative estimate of drug-likeness (QED) is 0.801. The van der Waals surface area contributed by atoms with E-state index in [9.17, 15) is 4.79 Å². The average Bonchev–Trinajstić information content (AvgIpc) is 2.48.